The van der Waals surface area contributed by atoms with Crippen LogP contribution in [0.25, 0.3) is 0 Å². The first-order valence-corrected chi connectivity index (χ1v) is 8.59. The third-order valence-corrected chi connectivity index (χ3v) is 3.36. The van der Waals surface area contributed by atoms with Gasteiger partial charge < -0.3 is 0 Å². The molecule has 0 aliphatic heterocycles. The van der Waals surface area contributed by atoms with Crippen molar-refractivity contribution in [3.05, 3.63) is 60.3 Å². The molecule has 0 radical (unpaired) electrons. The summed E-state index contributed by atoms with van der Waals surface area (Å²) in [5.74, 6) is 0. The van der Waals surface area contributed by atoms with Crippen LogP contribution < -0.4 is 0 Å². The van der Waals surface area contributed by atoms with Crippen molar-refractivity contribution in [2.24, 2.45) is 5.41 Å². The Hall–Kier alpha value is -1.72. The molecule has 0 saturated carbocycles. The molecular formula is C20H28F6. The van der Waals surface area contributed by atoms with Crippen LogP contribution in [-0.4, -0.2) is 12.4 Å². The minimum atomic E-state index is -5.53. The zero-order chi connectivity index (χ0) is 21.0. The fraction of sp³-hybridized carbons (Fsp3) is 0.500. The van der Waals surface area contributed by atoms with Crippen LogP contribution in [0.2, 0.25) is 0 Å². The zero-order valence-corrected chi connectivity index (χ0v) is 15.9. The second-order valence-corrected chi connectivity index (χ2v) is 4.74. The van der Waals surface area contributed by atoms with Crippen molar-refractivity contribution >= 4 is 0 Å². The van der Waals surface area contributed by atoms with E-state index >= 15 is 0 Å². The van der Waals surface area contributed by atoms with Gasteiger partial charge in [0.2, 0.25) is 5.41 Å². The molecule has 0 unspecified atom stereocenters. The molecule has 0 N–H and O–H groups in total. The van der Waals surface area contributed by atoms with E-state index in [1.54, 1.807) is 0 Å². The van der Waals surface area contributed by atoms with E-state index in [-0.39, 0.29) is 6.42 Å². The molecule has 0 spiro atoms. The monoisotopic (exact) mass is 382 g/mol. The van der Waals surface area contributed by atoms with Crippen molar-refractivity contribution in [3.63, 3.8) is 0 Å². The third-order valence-electron chi connectivity index (χ3n) is 3.36. The van der Waals surface area contributed by atoms with E-state index in [1.165, 1.54) is 13.0 Å². The minimum absolute atomic E-state index is 0.136. The van der Waals surface area contributed by atoms with Gasteiger partial charge in [-0.25, -0.2) is 0 Å². The molecule has 0 atom stereocenters. The Labute approximate surface area is 152 Å². The molecule has 0 bridgehead atoms. The van der Waals surface area contributed by atoms with E-state index < -0.39 is 28.9 Å². The zero-order valence-electron chi connectivity index (χ0n) is 15.9. The van der Waals surface area contributed by atoms with Crippen molar-refractivity contribution in [1.29, 1.82) is 0 Å². The van der Waals surface area contributed by atoms with E-state index in [0.29, 0.717) is 6.42 Å². The SMILES string of the molecule is C=C/C=C(\C=C/C)C(C1=CCCC=C1)(C(F)(F)F)C(F)(F)F.CC.CC. The van der Waals surface area contributed by atoms with Gasteiger partial charge in [0, 0.05) is 0 Å². The average molecular weight is 382 g/mol. The van der Waals surface area contributed by atoms with Crippen molar-refractivity contribution in [3.8, 4) is 0 Å². The molecule has 0 amide bonds. The number of allylic oxidation sites excluding steroid dienone is 9. The highest BCUT2D eigenvalue weighted by Gasteiger charge is 2.73. The minimum Gasteiger partial charge on any atom is -0.169 e. The molecule has 0 nitrogen and oxygen atoms in total. The summed E-state index contributed by atoms with van der Waals surface area (Å²) in [6.45, 7) is 12.6. The Bertz CT molecular complexity index is 513. The maximum absolute atomic E-state index is 13.6. The van der Waals surface area contributed by atoms with Gasteiger partial charge in [-0.15, -0.1) is 0 Å². The van der Waals surface area contributed by atoms with Crippen molar-refractivity contribution in [2.75, 3.05) is 0 Å². The van der Waals surface area contributed by atoms with Gasteiger partial charge in [-0.05, 0) is 30.9 Å². The van der Waals surface area contributed by atoms with Crippen molar-refractivity contribution in [1.82, 2.24) is 0 Å². The standard InChI is InChI=1S/C16H16F6.2C2H6/c1-3-8-12(9-4-2)14(15(17,18)19,16(20,21)22)13-10-6-5-7-11-13;2*1-2/h3-4,6,8-11H,1,5,7H2,2H3;2*1-2H3/b9-4-,12-8+;;. The molecule has 0 aromatic heterocycles. The highest BCUT2D eigenvalue weighted by atomic mass is 19.4. The summed E-state index contributed by atoms with van der Waals surface area (Å²) >= 11 is 0. The van der Waals surface area contributed by atoms with Gasteiger partial charge in [0.1, 0.15) is 0 Å². The Balaban J connectivity index is 0. The summed E-state index contributed by atoms with van der Waals surface area (Å²) in [5.41, 5.74) is -5.76. The van der Waals surface area contributed by atoms with Crippen LogP contribution in [-0.2, 0) is 0 Å². The van der Waals surface area contributed by atoms with Crippen molar-refractivity contribution < 1.29 is 26.3 Å². The summed E-state index contributed by atoms with van der Waals surface area (Å²) in [6.07, 6.45) is -3.63. The highest BCUT2D eigenvalue weighted by molar-refractivity contribution is 5.47. The number of hydrogen-bond donors (Lipinski definition) is 0. The van der Waals surface area contributed by atoms with Crippen LogP contribution in [0.15, 0.2) is 60.3 Å². The van der Waals surface area contributed by atoms with Crippen LogP contribution in [0.1, 0.15) is 47.5 Å². The summed E-state index contributed by atoms with van der Waals surface area (Å²) in [7, 11) is 0. The summed E-state index contributed by atoms with van der Waals surface area (Å²) < 4.78 is 81.9. The van der Waals surface area contributed by atoms with Crippen LogP contribution in [0.3, 0.4) is 0 Å². The fourth-order valence-electron chi connectivity index (χ4n) is 2.49. The molecule has 0 heterocycles. The molecule has 26 heavy (non-hydrogen) atoms. The first kappa shape index (κ1) is 26.5. The van der Waals surface area contributed by atoms with Gasteiger partial charge in [0.05, 0.1) is 0 Å². The van der Waals surface area contributed by atoms with Crippen LogP contribution in [0, 0.1) is 5.41 Å². The summed E-state index contributed by atoms with van der Waals surface area (Å²) in [4.78, 5) is 0. The molecule has 0 fully saturated rings. The molecule has 1 aliphatic rings. The van der Waals surface area contributed by atoms with Gasteiger partial charge in [-0.2, -0.15) is 26.3 Å². The quantitative estimate of drug-likeness (QED) is 0.340. The normalized spacial score (nSPS) is 15.5. The number of alkyl halides is 6. The maximum atomic E-state index is 13.6. The molecule has 0 saturated heterocycles. The summed E-state index contributed by atoms with van der Waals surface area (Å²) in [5, 5.41) is 0. The highest BCUT2D eigenvalue weighted by Crippen LogP contribution is 2.60. The Morgan fingerprint density at radius 2 is 1.46 bits per heavy atom. The lowest BCUT2D eigenvalue weighted by Gasteiger charge is -2.40. The van der Waals surface area contributed by atoms with Gasteiger partial charge in [0.15, 0.2) is 0 Å². The largest absolute Gasteiger partial charge is 0.411 e. The number of rotatable bonds is 4. The fourth-order valence-corrected chi connectivity index (χ4v) is 2.49. The third kappa shape index (κ3) is 5.64. The predicted molar refractivity (Wildman–Crippen MR) is 96.8 cm³/mol. The molecular weight excluding hydrogens is 354 g/mol. The first-order chi connectivity index (χ1) is 12.1. The van der Waals surface area contributed by atoms with E-state index in [0.717, 1.165) is 36.5 Å². The van der Waals surface area contributed by atoms with E-state index in [9.17, 15) is 26.3 Å². The van der Waals surface area contributed by atoms with Crippen LogP contribution >= 0.6 is 0 Å². The van der Waals surface area contributed by atoms with Gasteiger partial charge >= 0.3 is 12.4 Å². The van der Waals surface area contributed by atoms with E-state index in [2.05, 4.69) is 6.58 Å². The molecule has 0 aromatic rings. The second-order valence-electron chi connectivity index (χ2n) is 4.74. The number of halogens is 6. The topological polar surface area (TPSA) is 0 Å². The molecule has 1 aliphatic carbocycles. The van der Waals surface area contributed by atoms with Crippen LogP contribution in [0.4, 0.5) is 26.3 Å². The molecule has 6 heteroatoms. The molecule has 0 aromatic carbocycles. The Kier molecular flexibility index (Phi) is 12.0. The molecule has 1 rings (SSSR count). The summed E-state index contributed by atoms with van der Waals surface area (Å²) in [6, 6.07) is 0. The molecule has 150 valence electrons. The van der Waals surface area contributed by atoms with E-state index in [4.69, 9.17) is 0 Å². The van der Waals surface area contributed by atoms with Gasteiger partial charge in [-0.1, -0.05) is 76.8 Å². The predicted octanol–water partition coefficient (Wildman–Crippen LogP) is 8.11. The maximum Gasteiger partial charge on any atom is 0.411 e. The Morgan fingerprint density at radius 3 is 1.77 bits per heavy atom. The smallest absolute Gasteiger partial charge is 0.169 e. The lowest BCUT2D eigenvalue weighted by molar-refractivity contribution is -0.308. The lowest BCUT2D eigenvalue weighted by Crippen LogP contribution is -2.52. The van der Waals surface area contributed by atoms with Gasteiger partial charge in [0.25, 0.3) is 0 Å². The first-order valence-electron chi connectivity index (χ1n) is 8.59. The Morgan fingerprint density at radius 1 is 0.962 bits per heavy atom. The van der Waals surface area contributed by atoms with E-state index in [1.807, 2.05) is 27.7 Å². The van der Waals surface area contributed by atoms with Crippen LogP contribution in [0.5, 0.6) is 0 Å². The van der Waals surface area contributed by atoms with Crippen molar-refractivity contribution in [2.45, 2.75) is 59.8 Å². The number of hydrogen-bond acceptors (Lipinski definition) is 0. The lowest BCUT2D eigenvalue weighted by atomic mass is 9.70. The second kappa shape index (κ2) is 11.8. The average Bonchev–Trinajstić information content (AvgIpc) is 2.58. The van der Waals surface area contributed by atoms with Gasteiger partial charge in [-0.3, -0.25) is 0 Å².